The van der Waals surface area contributed by atoms with Crippen molar-refractivity contribution in [3.05, 3.63) is 34.9 Å². The summed E-state index contributed by atoms with van der Waals surface area (Å²) in [6.45, 7) is 9.90. The van der Waals surface area contributed by atoms with E-state index in [9.17, 15) is 0 Å². The zero-order valence-corrected chi connectivity index (χ0v) is 14.2. The van der Waals surface area contributed by atoms with Crippen molar-refractivity contribution in [1.29, 1.82) is 0 Å². The number of nitrogens with zero attached hydrogens (tertiary/aromatic N) is 1. The van der Waals surface area contributed by atoms with Crippen molar-refractivity contribution < 1.29 is 0 Å². The fraction of sp³-hybridized carbons (Fsp3) is 0.647. The van der Waals surface area contributed by atoms with Crippen LogP contribution in [-0.2, 0) is 0 Å². The lowest BCUT2D eigenvalue weighted by Gasteiger charge is -2.28. The van der Waals surface area contributed by atoms with Gasteiger partial charge < -0.3 is 5.73 Å². The van der Waals surface area contributed by atoms with Gasteiger partial charge in [0, 0.05) is 17.1 Å². The van der Waals surface area contributed by atoms with E-state index in [0.29, 0.717) is 11.5 Å². The van der Waals surface area contributed by atoms with E-state index < -0.39 is 0 Å². The van der Waals surface area contributed by atoms with Gasteiger partial charge in [-0.2, -0.15) is 0 Å². The Bertz CT molecular complexity index is 412. The summed E-state index contributed by atoms with van der Waals surface area (Å²) in [5.74, 6) is 0. The Morgan fingerprint density at radius 2 is 1.85 bits per heavy atom. The molecule has 0 spiro atoms. The lowest BCUT2D eigenvalue weighted by molar-refractivity contribution is 0.237. The molecule has 2 unspecified atom stereocenters. The predicted octanol–water partition coefficient (Wildman–Crippen LogP) is 4.49. The molecule has 0 radical (unpaired) electrons. The zero-order valence-electron chi connectivity index (χ0n) is 13.5. The van der Waals surface area contributed by atoms with Crippen LogP contribution in [0, 0.1) is 5.41 Å². The van der Waals surface area contributed by atoms with Crippen LogP contribution >= 0.6 is 11.6 Å². The molecule has 2 atom stereocenters. The highest BCUT2D eigenvalue weighted by Gasteiger charge is 2.18. The van der Waals surface area contributed by atoms with E-state index in [2.05, 4.69) is 45.7 Å². The SMILES string of the molecule is CC(c1ccccc1Cl)N(C)CCC(N)CC(C)(C)C. The van der Waals surface area contributed by atoms with Gasteiger partial charge in [0.1, 0.15) is 0 Å². The summed E-state index contributed by atoms with van der Waals surface area (Å²) in [7, 11) is 2.14. The minimum atomic E-state index is 0.260. The Labute approximate surface area is 129 Å². The van der Waals surface area contributed by atoms with E-state index >= 15 is 0 Å². The van der Waals surface area contributed by atoms with Crippen LogP contribution in [0.15, 0.2) is 24.3 Å². The first-order valence-electron chi connectivity index (χ1n) is 7.41. The van der Waals surface area contributed by atoms with E-state index in [1.54, 1.807) is 0 Å². The molecule has 2 nitrogen and oxygen atoms in total. The predicted molar refractivity (Wildman–Crippen MR) is 89.2 cm³/mol. The van der Waals surface area contributed by atoms with Crippen LogP contribution in [0.25, 0.3) is 0 Å². The Hall–Kier alpha value is -0.570. The summed E-state index contributed by atoms with van der Waals surface area (Å²) in [5.41, 5.74) is 7.70. The minimum Gasteiger partial charge on any atom is -0.328 e. The monoisotopic (exact) mass is 296 g/mol. The van der Waals surface area contributed by atoms with E-state index in [1.807, 2.05) is 18.2 Å². The van der Waals surface area contributed by atoms with Crippen molar-refractivity contribution in [2.24, 2.45) is 11.1 Å². The molecule has 0 amide bonds. The molecule has 20 heavy (non-hydrogen) atoms. The molecule has 0 heterocycles. The smallest absolute Gasteiger partial charge is 0.0453 e. The molecule has 0 aliphatic rings. The number of nitrogens with two attached hydrogens (primary N) is 1. The quantitative estimate of drug-likeness (QED) is 0.838. The van der Waals surface area contributed by atoms with Gasteiger partial charge in [-0.25, -0.2) is 0 Å². The van der Waals surface area contributed by atoms with Gasteiger partial charge in [-0.05, 0) is 50.4 Å². The van der Waals surface area contributed by atoms with Crippen molar-refractivity contribution in [3.63, 3.8) is 0 Å². The molecule has 2 N–H and O–H groups in total. The molecular weight excluding hydrogens is 268 g/mol. The third-order valence-electron chi connectivity index (χ3n) is 3.74. The van der Waals surface area contributed by atoms with Crippen LogP contribution in [0.4, 0.5) is 0 Å². The van der Waals surface area contributed by atoms with E-state index in [0.717, 1.165) is 24.4 Å². The molecule has 0 aliphatic carbocycles. The maximum Gasteiger partial charge on any atom is 0.0453 e. The molecule has 0 fully saturated rings. The molecule has 0 saturated heterocycles. The summed E-state index contributed by atoms with van der Waals surface area (Å²) in [4.78, 5) is 2.32. The topological polar surface area (TPSA) is 29.3 Å². The molecule has 0 aliphatic heterocycles. The second kappa shape index (κ2) is 7.44. The van der Waals surface area contributed by atoms with Gasteiger partial charge in [0.2, 0.25) is 0 Å². The molecule has 1 aromatic rings. The van der Waals surface area contributed by atoms with Crippen LogP contribution in [0.5, 0.6) is 0 Å². The minimum absolute atomic E-state index is 0.260. The molecular formula is C17H29ClN2. The third kappa shape index (κ3) is 5.82. The molecule has 0 saturated carbocycles. The second-order valence-electron chi connectivity index (χ2n) is 6.99. The van der Waals surface area contributed by atoms with Crippen LogP contribution < -0.4 is 5.73 Å². The first-order chi connectivity index (χ1) is 9.20. The summed E-state index contributed by atoms with van der Waals surface area (Å²) in [6.07, 6.45) is 2.07. The van der Waals surface area contributed by atoms with Gasteiger partial charge in [-0.3, -0.25) is 4.90 Å². The number of halogens is 1. The Kier molecular flexibility index (Phi) is 6.50. The zero-order chi connectivity index (χ0) is 15.3. The standard InChI is InChI=1S/C17H29ClN2/c1-13(15-8-6-7-9-16(15)18)20(5)11-10-14(19)12-17(2,3)4/h6-9,13-14H,10-12,19H2,1-5H3. The lowest BCUT2D eigenvalue weighted by Crippen LogP contribution is -2.32. The Morgan fingerprint density at radius 1 is 1.25 bits per heavy atom. The molecule has 0 bridgehead atoms. The largest absolute Gasteiger partial charge is 0.328 e. The summed E-state index contributed by atoms with van der Waals surface area (Å²) >= 11 is 6.26. The summed E-state index contributed by atoms with van der Waals surface area (Å²) < 4.78 is 0. The summed E-state index contributed by atoms with van der Waals surface area (Å²) in [5, 5.41) is 0.839. The molecule has 114 valence electrons. The van der Waals surface area contributed by atoms with Crippen LogP contribution in [-0.4, -0.2) is 24.5 Å². The van der Waals surface area contributed by atoms with Gasteiger partial charge >= 0.3 is 0 Å². The molecule has 1 rings (SSSR count). The normalized spacial score (nSPS) is 15.4. The third-order valence-corrected chi connectivity index (χ3v) is 4.09. The van der Waals surface area contributed by atoms with Crippen molar-refractivity contribution >= 4 is 11.6 Å². The van der Waals surface area contributed by atoms with Gasteiger partial charge in [0.25, 0.3) is 0 Å². The van der Waals surface area contributed by atoms with Crippen LogP contribution in [0.3, 0.4) is 0 Å². The van der Waals surface area contributed by atoms with E-state index in [-0.39, 0.29) is 6.04 Å². The number of benzene rings is 1. The first-order valence-corrected chi connectivity index (χ1v) is 7.79. The lowest BCUT2D eigenvalue weighted by atomic mass is 9.87. The van der Waals surface area contributed by atoms with Crippen molar-refractivity contribution in [2.45, 2.75) is 52.6 Å². The van der Waals surface area contributed by atoms with Crippen LogP contribution in [0.1, 0.15) is 52.1 Å². The Morgan fingerprint density at radius 3 is 2.40 bits per heavy atom. The van der Waals surface area contributed by atoms with E-state index in [1.165, 1.54) is 5.56 Å². The summed E-state index contributed by atoms with van der Waals surface area (Å²) in [6, 6.07) is 8.63. The molecule has 1 aromatic carbocycles. The van der Waals surface area contributed by atoms with Crippen molar-refractivity contribution in [2.75, 3.05) is 13.6 Å². The first kappa shape index (κ1) is 17.5. The van der Waals surface area contributed by atoms with Crippen molar-refractivity contribution in [1.82, 2.24) is 4.90 Å². The average molecular weight is 297 g/mol. The fourth-order valence-corrected chi connectivity index (χ4v) is 2.80. The molecule has 0 aromatic heterocycles. The van der Waals surface area contributed by atoms with Gasteiger partial charge in [0.15, 0.2) is 0 Å². The highest BCUT2D eigenvalue weighted by molar-refractivity contribution is 6.31. The fourth-order valence-electron chi connectivity index (χ4n) is 2.50. The van der Waals surface area contributed by atoms with Gasteiger partial charge in [-0.1, -0.05) is 50.6 Å². The van der Waals surface area contributed by atoms with Gasteiger partial charge in [0.05, 0.1) is 0 Å². The van der Waals surface area contributed by atoms with E-state index in [4.69, 9.17) is 17.3 Å². The average Bonchev–Trinajstić information content (AvgIpc) is 2.33. The van der Waals surface area contributed by atoms with Gasteiger partial charge in [-0.15, -0.1) is 0 Å². The number of rotatable bonds is 6. The van der Waals surface area contributed by atoms with Crippen LogP contribution in [0.2, 0.25) is 5.02 Å². The Balaban J connectivity index is 2.51. The maximum atomic E-state index is 6.26. The van der Waals surface area contributed by atoms with Crippen molar-refractivity contribution in [3.8, 4) is 0 Å². The maximum absolute atomic E-state index is 6.26. The highest BCUT2D eigenvalue weighted by Crippen LogP contribution is 2.27. The second-order valence-corrected chi connectivity index (χ2v) is 7.40. The number of hydrogen-bond donors (Lipinski definition) is 1. The molecule has 3 heteroatoms. The highest BCUT2D eigenvalue weighted by atomic mass is 35.5. The number of hydrogen-bond acceptors (Lipinski definition) is 2.